The van der Waals surface area contributed by atoms with Crippen molar-refractivity contribution in [3.8, 4) is 5.75 Å². The van der Waals surface area contributed by atoms with Crippen molar-refractivity contribution in [1.82, 2.24) is 9.78 Å². The van der Waals surface area contributed by atoms with Gasteiger partial charge in [-0.3, -0.25) is 9.48 Å². The molecule has 1 aromatic carbocycles. The Morgan fingerprint density at radius 2 is 2.21 bits per heavy atom. The van der Waals surface area contributed by atoms with E-state index in [1.165, 1.54) is 6.08 Å². The van der Waals surface area contributed by atoms with E-state index in [0.717, 1.165) is 17.8 Å². The van der Waals surface area contributed by atoms with Crippen LogP contribution in [0.25, 0.3) is 6.08 Å². The SMILES string of the molecule is COc1cccc(NC(=O)/C=C/c2c(C)nn(CC(C)C)c2Cl)c1. The van der Waals surface area contributed by atoms with E-state index >= 15 is 0 Å². The number of hydrogen-bond donors (Lipinski definition) is 1. The van der Waals surface area contributed by atoms with Gasteiger partial charge in [0.1, 0.15) is 10.9 Å². The minimum Gasteiger partial charge on any atom is -0.497 e. The first-order valence-electron chi connectivity index (χ1n) is 7.76. The van der Waals surface area contributed by atoms with E-state index in [0.29, 0.717) is 22.5 Å². The summed E-state index contributed by atoms with van der Waals surface area (Å²) in [6.45, 7) is 6.82. The number of nitrogens with zero attached hydrogens (tertiary/aromatic N) is 2. The predicted octanol–water partition coefficient (Wildman–Crippen LogP) is 4.16. The molecule has 0 unspecified atom stereocenters. The van der Waals surface area contributed by atoms with Crippen LogP contribution in [0.1, 0.15) is 25.1 Å². The van der Waals surface area contributed by atoms with Gasteiger partial charge >= 0.3 is 0 Å². The van der Waals surface area contributed by atoms with Gasteiger partial charge in [-0.15, -0.1) is 0 Å². The second-order valence-electron chi connectivity index (χ2n) is 5.92. The summed E-state index contributed by atoms with van der Waals surface area (Å²) in [6.07, 6.45) is 3.14. The van der Waals surface area contributed by atoms with Gasteiger partial charge in [0.15, 0.2) is 0 Å². The summed E-state index contributed by atoms with van der Waals surface area (Å²) in [4.78, 5) is 12.1. The molecule has 1 aromatic heterocycles. The molecular weight excluding hydrogens is 326 g/mol. The van der Waals surface area contributed by atoms with Gasteiger partial charge < -0.3 is 10.1 Å². The second-order valence-corrected chi connectivity index (χ2v) is 6.28. The summed E-state index contributed by atoms with van der Waals surface area (Å²) >= 11 is 6.36. The lowest BCUT2D eigenvalue weighted by Gasteiger charge is -2.05. The van der Waals surface area contributed by atoms with Gasteiger partial charge in [-0.1, -0.05) is 31.5 Å². The zero-order chi connectivity index (χ0) is 17.7. The minimum atomic E-state index is -0.240. The fraction of sp³-hybridized carbons (Fsp3) is 0.333. The smallest absolute Gasteiger partial charge is 0.248 e. The molecule has 1 heterocycles. The number of halogens is 1. The van der Waals surface area contributed by atoms with Crippen LogP contribution in [0.2, 0.25) is 5.15 Å². The summed E-state index contributed by atoms with van der Waals surface area (Å²) in [7, 11) is 1.58. The predicted molar refractivity (Wildman–Crippen MR) is 97.5 cm³/mol. The molecule has 24 heavy (non-hydrogen) atoms. The molecule has 128 valence electrons. The number of aromatic nitrogens is 2. The van der Waals surface area contributed by atoms with E-state index in [-0.39, 0.29) is 5.91 Å². The van der Waals surface area contributed by atoms with Crippen molar-refractivity contribution in [2.45, 2.75) is 27.3 Å². The van der Waals surface area contributed by atoms with Crippen molar-refractivity contribution in [2.75, 3.05) is 12.4 Å². The number of ether oxygens (including phenoxy) is 1. The maximum Gasteiger partial charge on any atom is 0.248 e. The van der Waals surface area contributed by atoms with Crippen molar-refractivity contribution in [3.63, 3.8) is 0 Å². The molecule has 0 bridgehead atoms. The fourth-order valence-electron chi connectivity index (χ4n) is 2.27. The average molecular weight is 348 g/mol. The maximum absolute atomic E-state index is 12.1. The molecule has 0 aliphatic rings. The number of carbonyl (C=O) groups is 1. The normalized spacial score (nSPS) is 11.2. The molecule has 0 radical (unpaired) electrons. The summed E-state index contributed by atoms with van der Waals surface area (Å²) in [5.41, 5.74) is 2.23. The van der Waals surface area contributed by atoms with E-state index in [1.54, 1.807) is 30.0 Å². The molecule has 0 atom stereocenters. The first kappa shape index (κ1) is 18.1. The fourth-order valence-corrected chi connectivity index (χ4v) is 2.57. The lowest BCUT2D eigenvalue weighted by atomic mass is 10.2. The molecular formula is C18H22ClN3O2. The third-order valence-electron chi connectivity index (χ3n) is 3.39. The van der Waals surface area contributed by atoms with Crippen LogP contribution in [0.3, 0.4) is 0 Å². The van der Waals surface area contributed by atoms with Crippen LogP contribution >= 0.6 is 11.6 Å². The minimum absolute atomic E-state index is 0.240. The Morgan fingerprint density at radius 1 is 1.46 bits per heavy atom. The van der Waals surface area contributed by atoms with Gasteiger partial charge in [0.2, 0.25) is 5.91 Å². The van der Waals surface area contributed by atoms with E-state index in [9.17, 15) is 4.79 Å². The quantitative estimate of drug-likeness (QED) is 0.798. The van der Waals surface area contributed by atoms with Crippen molar-refractivity contribution < 1.29 is 9.53 Å². The van der Waals surface area contributed by atoms with Crippen LogP contribution in [0.5, 0.6) is 5.75 Å². The third kappa shape index (κ3) is 4.61. The van der Waals surface area contributed by atoms with Crippen LogP contribution in [-0.2, 0) is 11.3 Å². The number of rotatable bonds is 6. The standard InChI is InChI=1S/C18H22ClN3O2/c1-12(2)11-22-18(19)16(13(3)21-22)8-9-17(23)20-14-6-5-7-15(10-14)24-4/h5-10,12H,11H2,1-4H3,(H,20,23)/b9-8+. The molecule has 2 aromatic rings. The first-order valence-corrected chi connectivity index (χ1v) is 8.14. The molecule has 0 fully saturated rings. The lowest BCUT2D eigenvalue weighted by molar-refractivity contribution is -0.111. The monoisotopic (exact) mass is 347 g/mol. The van der Waals surface area contributed by atoms with Crippen molar-refractivity contribution >= 4 is 29.3 Å². The van der Waals surface area contributed by atoms with E-state index in [1.807, 2.05) is 19.1 Å². The molecule has 0 spiro atoms. The van der Waals surface area contributed by atoms with Gasteiger partial charge in [0, 0.05) is 29.9 Å². The van der Waals surface area contributed by atoms with Crippen molar-refractivity contribution in [2.24, 2.45) is 5.92 Å². The van der Waals surface area contributed by atoms with E-state index < -0.39 is 0 Å². The van der Waals surface area contributed by atoms with Crippen LogP contribution in [-0.4, -0.2) is 22.8 Å². The molecule has 1 N–H and O–H groups in total. The summed E-state index contributed by atoms with van der Waals surface area (Å²) in [5.74, 6) is 0.885. The van der Waals surface area contributed by atoms with E-state index in [4.69, 9.17) is 16.3 Å². The topological polar surface area (TPSA) is 56.1 Å². The summed E-state index contributed by atoms with van der Waals surface area (Å²) < 4.78 is 6.90. The molecule has 0 aliphatic carbocycles. The first-order chi connectivity index (χ1) is 11.4. The summed E-state index contributed by atoms with van der Waals surface area (Å²) in [6, 6.07) is 7.19. The van der Waals surface area contributed by atoms with Crippen LogP contribution < -0.4 is 10.1 Å². The third-order valence-corrected chi connectivity index (χ3v) is 3.78. The number of nitrogens with one attached hydrogen (secondary N) is 1. The van der Waals surface area contributed by atoms with Gasteiger partial charge in [0.05, 0.1) is 12.8 Å². The van der Waals surface area contributed by atoms with Crippen LogP contribution in [0.4, 0.5) is 5.69 Å². The Morgan fingerprint density at radius 3 is 2.88 bits per heavy atom. The van der Waals surface area contributed by atoms with Gasteiger partial charge in [-0.2, -0.15) is 5.10 Å². The molecule has 0 saturated heterocycles. The Labute approximate surface area is 147 Å². The number of aryl methyl sites for hydroxylation is 1. The number of hydrogen-bond acceptors (Lipinski definition) is 3. The lowest BCUT2D eigenvalue weighted by Crippen LogP contribution is -2.07. The van der Waals surface area contributed by atoms with Crippen molar-refractivity contribution in [3.05, 3.63) is 46.8 Å². The molecule has 1 amide bonds. The Hall–Kier alpha value is -2.27. The summed E-state index contributed by atoms with van der Waals surface area (Å²) in [5, 5.41) is 7.76. The number of methoxy groups -OCH3 is 1. The molecule has 0 aliphatic heterocycles. The van der Waals surface area contributed by atoms with Crippen molar-refractivity contribution in [1.29, 1.82) is 0 Å². The zero-order valence-corrected chi connectivity index (χ0v) is 15.1. The van der Waals surface area contributed by atoms with Gasteiger partial charge in [0.25, 0.3) is 0 Å². The Balaban J connectivity index is 2.10. The van der Waals surface area contributed by atoms with Crippen LogP contribution in [0, 0.1) is 12.8 Å². The Kier molecular flexibility index (Phi) is 6.04. The van der Waals surface area contributed by atoms with Crippen LogP contribution in [0.15, 0.2) is 30.3 Å². The largest absolute Gasteiger partial charge is 0.497 e. The molecule has 6 heteroatoms. The highest BCUT2D eigenvalue weighted by Gasteiger charge is 2.12. The highest BCUT2D eigenvalue weighted by molar-refractivity contribution is 6.31. The second kappa shape index (κ2) is 8.02. The highest BCUT2D eigenvalue weighted by atomic mass is 35.5. The molecule has 5 nitrogen and oxygen atoms in total. The van der Waals surface area contributed by atoms with E-state index in [2.05, 4.69) is 24.3 Å². The number of carbonyl (C=O) groups excluding carboxylic acids is 1. The van der Waals surface area contributed by atoms with Gasteiger partial charge in [-0.05, 0) is 31.1 Å². The molecule has 2 rings (SSSR count). The zero-order valence-electron chi connectivity index (χ0n) is 14.3. The number of benzene rings is 1. The highest BCUT2D eigenvalue weighted by Crippen LogP contribution is 2.22. The molecule has 0 saturated carbocycles. The number of amides is 1. The maximum atomic E-state index is 12.1. The average Bonchev–Trinajstić information content (AvgIpc) is 2.79. The van der Waals surface area contributed by atoms with Gasteiger partial charge in [-0.25, -0.2) is 0 Å². The number of anilines is 1. The Bertz CT molecular complexity index is 751.